The number of nitro groups is 2. The van der Waals surface area contributed by atoms with E-state index < -0.39 is 27.4 Å². The molecule has 0 aromatic carbocycles. The van der Waals surface area contributed by atoms with Crippen LogP contribution in [0.2, 0.25) is 0 Å². The molecule has 0 aromatic heterocycles. The highest BCUT2D eigenvalue weighted by Gasteiger charge is 2.57. The van der Waals surface area contributed by atoms with Gasteiger partial charge in [0, 0.05) is 25.0 Å². The van der Waals surface area contributed by atoms with Gasteiger partial charge in [0.2, 0.25) is 0 Å². The summed E-state index contributed by atoms with van der Waals surface area (Å²) in [4.78, 5) is 24.2. The molecule has 0 N–H and O–H groups in total. The van der Waals surface area contributed by atoms with Gasteiger partial charge >= 0.3 is 11.5 Å². The van der Waals surface area contributed by atoms with Gasteiger partial charge in [-0.25, -0.2) is 4.99 Å². The maximum Gasteiger partial charge on any atom is 0.348 e. The Morgan fingerprint density at radius 2 is 2.11 bits per heavy atom. The molecule has 2 rings (SSSR count). The lowest BCUT2D eigenvalue weighted by atomic mass is 9.99. The average molecular weight is 255 g/mol. The Morgan fingerprint density at radius 3 is 2.61 bits per heavy atom. The van der Waals surface area contributed by atoms with Crippen molar-refractivity contribution in [2.75, 3.05) is 7.11 Å². The lowest BCUT2D eigenvalue weighted by Crippen LogP contribution is -2.43. The van der Waals surface area contributed by atoms with Crippen molar-refractivity contribution in [2.45, 2.75) is 18.8 Å². The van der Waals surface area contributed by atoms with Crippen molar-refractivity contribution in [3.63, 3.8) is 0 Å². The molecule has 9 heteroatoms. The number of hydrogen-bond acceptors (Lipinski definition) is 7. The van der Waals surface area contributed by atoms with Crippen LogP contribution in [0.25, 0.3) is 0 Å². The Labute approximate surface area is 101 Å². The zero-order chi connectivity index (χ0) is 13.5. The first kappa shape index (κ1) is 12.2. The maximum absolute atomic E-state index is 11.0. The summed E-state index contributed by atoms with van der Waals surface area (Å²) < 4.78 is 10.3. The summed E-state index contributed by atoms with van der Waals surface area (Å²) in [6, 6.07) is -1.32. The Bertz CT molecular complexity index is 522. The monoisotopic (exact) mass is 255 g/mol. The van der Waals surface area contributed by atoms with E-state index in [1.165, 1.54) is 20.1 Å². The Morgan fingerprint density at radius 1 is 1.44 bits per heavy atom. The largest absolute Gasteiger partial charge is 0.434 e. The molecule has 0 saturated carbocycles. The molecule has 0 unspecified atom stereocenters. The molecule has 0 amide bonds. The molecule has 0 radical (unpaired) electrons. The summed E-state index contributed by atoms with van der Waals surface area (Å²) in [5.74, 6) is -1.63. The number of fused-ring (bicyclic) bond motifs is 1. The van der Waals surface area contributed by atoms with Crippen LogP contribution in [0.1, 0.15) is 6.92 Å². The van der Waals surface area contributed by atoms with Crippen LogP contribution in [0.3, 0.4) is 0 Å². The van der Waals surface area contributed by atoms with Gasteiger partial charge < -0.3 is 9.47 Å². The van der Waals surface area contributed by atoms with Gasteiger partial charge in [-0.2, -0.15) is 0 Å². The van der Waals surface area contributed by atoms with Crippen LogP contribution in [0, 0.1) is 20.2 Å². The first-order chi connectivity index (χ1) is 8.40. The van der Waals surface area contributed by atoms with E-state index in [4.69, 9.17) is 9.47 Å². The minimum Gasteiger partial charge on any atom is -0.434 e. The van der Waals surface area contributed by atoms with Crippen molar-refractivity contribution in [3.05, 3.63) is 43.8 Å². The van der Waals surface area contributed by atoms with Gasteiger partial charge in [0.25, 0.3) is 6.04 Å². The van der Waals surface area contributed by atoms with Crippen molar-refractivity contribution < 1.29 is 19.3 Å². The molecule has 0 bridgehead atoms. The second-order valence-electron chi connectivity index (χ2n) is 3.69. The summed E-state index contributed by atoms with van der Waals surface area (Å²) in [5, 5.41) is 21.8. The predicted octanol–water partition coefficient (Wildman–Crippen LogP) is 0.481. The van der Waals surface area contributed by atoms with E-state index in [2.05, 4.69) is 4.99 Å². The predicted molar refractivity (Wildman–Crippen MR) is 57.9 cm³/mol. The van der Waals surface area contributed by atoms with Crippen molar-refractivity contribution in [1.29, 1.82) is 0 Å². The van der Waals surface area contributed by atoms with Crippen LogP contribution in [0.15, 0.2) is 28.5 Å². The molecule has 9 nitrogen and oxygen atoms in total. The molecule has 0 spiro atoms. The zero-order valence-corrected chi connectivity index (χ0v) is 9.52. The van der Waals surface area contributed by atoms with Gasteiger partial charge in [0.05, 0.1) is 11.0 Å². The Balaban J connectivity index is 2.57. The summed E-state index contributed by atoms with van der Waals surface area (Å²) in [5.41, 5.74) is -0.511. The number of aliphatic imine (C=N–C) groups is 1. The van der Waals surface area contributed by atoms with E-state index in [9.17, 15) is 20.2 Å². The SMILES string of the molecule is CO[C@]12OC(C)=NC1=C[C@@H]([N+](=O)[O-])C=C2[N+](=O)[O-]. The van der Waals surface area contributed by atoms with Crippen molar-refractivity contribution >= 4 is 5.90 Å². The summed E-state index contributed by atoms with van der Waals surface area (Å²) in [6.45, 7) is 1.48. The third kappa shape index (κ3) is 1.56. The highest BCUT2D eigenvalue weighted by molar-refractivity contribution is 5.78. The zero-order valence-electron chi connectivity index (χ0n) is 9.52. The molecule has 18 heavy (non-hydrogen) atoms. The van der Waals surface area contributed by atoms with Crippen LogP contribution >= 0.6 is 0 Å². The van der Waals surface area contributed by atoms with Crippen molar-refractivity contribution in [2.24, 2.45) is 4.99 Å². The molecule has 96 valence electrons. The number of nitrogens with zero attached hydrogens (tertiary/aromatic N) is 3. The minimum absolute atomic E-state index is 0.0263. The third-order valence-corrected chi connectivity index (χ3v) is 2.63. The molecular formula is C9H9N3O6. The normalized spacial score (nSPS) is 29.7. The highest BCUT2D eigenvalue weighted by Crippen LogP contribution is 2.40. The molecule has 0 aromatic rings. The number of rotatable bonds is 3. The second-order valence-corrected chi connectivity index (χ2v) is 3.69. The van der Waals surface area contributed by atoms with Gasteiger partial charge in [-0.1, -0.05) is 0 Å². The molecule has 1 aliphatic heterocycles. The quantitative estimate of drug-likeness (QED) is 0.534. The van der Waals surface area contributed by atoms with E-state index in [1.807, 2.05) is 0 Å². The third-order valence-electron chi connectivity index (χ3n) is 2.63. The number of ether oxygens (including phenoxy) is 2. The van der Waals surface area contributed by atoms with Gasteiger partial charge in [-0.05, 0) is 0 Å². The van der Waals surface area contributed by atoms with E-state index >= 15 is 0 Å². The van der Waals surface area contributed by atoms with Gasteiger partial charge in [-0.3, -0.25) is 20.2 Å². The maximum atomic E-state index is 11.0. The van der Waals surface area contributed by atoms with Crippen molar-refractivity contribution in [3.8, 4) is 0 Å². The minimum atomic E-state index is -1.78. The Hall–Kier alpha value is -2.29. The van der Waals surface area contributed by atoms with Crippen LogP contribution < -0.4 is 0 Å². The highest BCUT2D eigenvalue weighted by atomic mass is 16.7. The molecule has 0 fully saturated rings. The summed E-state index contributed by atoms with van der Waals surface area (Å²) in [7, 11) is 1.21. The molecule has 2 aliphatic rings. The number of methoxy groups -OCH3 is 1. The number of hydrogen-bond donors (Lipinski definition) is 0. The first-order valence-corrected chi connectivity index (χ1v) is 4.92. The lowest BCUT2D eigenvalue weighted by Gasteiger charge is -2.26. The summed E-state index contributed by atoms with van der Waals surface area (Å²) in [6.07, 6.45) is 2.06. The topological polar surface area (TPSA) is 117 Å². The van der Waals surface area contributed by atoms with E-state index in [0.717, 1.165) is 6.08 Å². The fourth-order valence-electron chi connectivity index (χ4n) is 1.89. The van der Waals surface area contributed by atoms with E-state index in [0.29, 0.717) is 0 Å². The van der Waals surface area contributed by atoms with Crippen LogP contribution in [0.4, 0.5) is 0 Å². The van der Waals surface area contributed by atoms with E-state index in [1.54, 1.807) is 0 Å². The first-order valence-electron chi connectivity index (χ1n) is 4.92. The standard InChI is InChI=1S/C9H9N3O6/c1-5-10-7-3-6(11(13)14)4-8(12(15)16)9(7,17-2)18-5/h3-4,6H,1-2H3/t6-,9+/m1/s1. The molecule has 0 saturated heterocycles. The Kier molecular flexibility index (Phi) is 2.62. The molecule has 2 atom stereocenters. The van der Waals surface area contributed by atoms with Gasteiger partial charge in [0.1, 0.15) is 5.70 Å². The van der Waals surface area contributed by atoms with Crippen LogP contribution in [0.5, 0.6) is 0 Å². The smallest absolute Gasteiger partial charge is 0.348 e. The van der Waals surface area contributed by atoms with Crippen LogP contribution in [-0.4, -0.2) is 34.7 Å². The molecule has 1 heterocycles. The van der Waals surface area contributed by atoms with Gasteiger partial charge in [-0.15, -0.1) is 0 Å². The van der Waals surface area contributed by atoms with Crippen LogP contribution in [-0.2, 0) is 9.47 Å². The van der Waals surface area contributed by atoms with E-state index in [-0.39, 0.29) is 11.6 Å². The fraction of sp³-hybridized carbons (Fsp3) is 0.444. The average Bonchev–Trinajstić information content (AvgIpc) is 2.63. The molecular weight excluding hydrogens is 246 g/mol. The second kappa shape index (κ2) is 3.88. The summed E-state index contributed by atoms with van der Waals surface area (Å²) >= 11 is 0. The molecule has 1 aliphatic carbocycles. The van der Waals surface area contributed by atoms with Gasteiger partial charge in [0.15, 0.2) is 5.90 Å². The lowest BCUT2D eigenvalue weighted by molar-refractivity contribution is -0.504. The van der Waals surface area contributed by atoms with Crippen molar-refractivity contribution in [1.82, 2.24) is 0 Å². The fourth-order valence-corrected chi connectivity index (χ4v) is 1.89.